The van der Waals surface area contributed by atoms with Crippen molar-refractivity contribution >= 4 is 11.6 Å². The Morgan fingerprint density at radius 2 is 1.96 bits per heavy atom. The lowest BCUT2D eigenvalue weighted by Gasteiger charge is -2.36. The van der Waals surface area contributed by atoms with E-state index >= 15 is 0 Å². The van der Waals surface area contributed by atoms with Crippen molar-refractivity contribution in [1.82, 2.24) is 14.5 Å². The fourth-order valence-corrected chi connectivity index (χ4v) is 3.47. The van der Waals surface area contributed by atoms with E-state index in [0.717, 1.165) is 43.1 Å². The number of nitrogens with one attached hydrogen (secondary N) is 1. The molecule has 2 heterocycles. The molecule has 1 aliphatic rings. The minimum absolute atomic E-state index is 0.122. The summed E-state index contributed by atoms with van der Waals surface area (Å²) in [6.07, 6.45) is 11.2. The highest BCUT2D eigenvalue weighted by atomic mass is 16.1. The van der Waals surface area contributed by atoms with Crippen LogP contribution in [0.4, 0.5) is 5.69 Å². The van der Waals surface area contributed by atoms with Gasteiger partial charge in [0.25, 0.3) is 0 Å². The van der Waals surface area contributed by atoms with Crippen molar-refractivity contribution in [2.75, 3.05) is 5.32 Å². The summed E-state index contributed by atoms with van der Waals surface area (Å²) in [5.41, 5.74) is 1.09. The maximum Gasteiger partial charge on any atom is 0.227 e. The number of pyridine rings is 1. The summed E-state index contributed by atoms with van der Waals surface area (Å²) in [5.74, 6) is 1.75. The van der Waals surface area contributed by atoms with Crippen LogP contribution in [0, 0.1) is 17.3 Å². The first-order valence-corrected chi connectivity index (χ1v) is 8.69. The minimum atomic E-state index is 0.122. The normalized spacial score (nSPS) is 21.5. The molecular formula is C19H26N4O. The molecule has 1 saturated carbocycles. The van der Waals surface area contributed by atoms with Gasteiger partial charge in [-0.25, -0.2) is 9.97 Å². The predicted octanol–water partition coefficient (Wildman–Crippen LogP) is 4.06. The second kappa shape index (κ2) is 6.75. The van der Waals surface area contributed by atoms with E-state index in [9.17, 15) is 4.79 Å². The second-order valence-electron chi connectivity index (χ2n) is 7.78. The monoisotopic (exact) mass is 326 g/mol. The molecule has 0 radical (unpaired) electrons. The molecule has 1 fully saturated rings. The Kier molecular flexibility index (Phi) is 4.69. The number of carbonyl (C=O) groups excluding carboxylic acids is 1. The number of hydrogen-bond donors (Lipinski definition) is 1. The molecule has 1 N–H and O–H groups in total. The Labute approximate surface area is 143 Å². The van der Waals surface area contributed by atoms with Gasteiger partial charge in [-0.15, -0.1) is 0 Å². The van der Waals surface area contributed by atoms with Crippen molar-refractivity contribution in [3.8, 4) is 5.82 Å². The van der Waals surface area contributed by atoms with Crippen LogP contribution < -0.4 is 5.32 Å². The quantitative estimate of drug-likeness (QED) is 0.925. The molecule has 1 aliphatic carbocycles. The van der Waals surface area contributed by atoms with Crippen molar-refractivity contribution in [2.24, 2.45) is 17.3 Å². The van der Waals surface area contributed by atoms with Crippen molar-refractivity contribution in [3.63, 3.8) is 0 Å². The Morgan fingerprint density at radius 1 is 1.21 bits per heavy atom. The first-order chi connectivity index (χ1) is 11.4. The summed E-state index contributed by atoms with van der Waals surface area (Å²) >= 11 is 0. The van der Waals surface area contributed by atoms with Gasteiger partial charge in [0.15, 0.2) is 0 Å². The van der Waals surface area contributed by atoms with Crippen LogP contribution in [-0.2, 0) is 4.79 Å². The number of imidazole rings is 1. The number of nitrogens with zero attached hydrogens (tertiary/aromatic N) is 3. The van der Waals surface area contributed by atoms with Gasteiger partial charge in [-0.3, -0.25) is 9.36 Å². The molecule has 2 aromatic heterocycles. The third-order valence-corrected chi connectivity index (χ3v) is 5.11. The number of hydrogen-bond acceptors (Lipinski definition) is 3. The zero-order valence-electron chi connectivity index (χ0n) is 14.7. The summed E-state index contributed by atoms with van der Waals surface area (Å²) in [4.78, 5) is 20.9. The first kappa shape index (κ1) is 16.7. The lowest BCUT2D eigenvalue weighted by molar-refractivity contribution is -0.121. The van der Waals surface area contributed by atoms with Gasteiger partial charge in [-0.05, 0) is 49.1 Å². The van der Waals surface area contributed by atoms with E-state index in [4.69, 9.17) is 0 Å². The molecule has 1 amide bonds. The van der Waals surface area contributed by atoms with Gasteiger partial charge in [-0.1, -0.05) is 20.8 Å². The van der Waals surface area contributed by atoms with Crippen molar-refractivity contribution in [1.29, 1.82) is 0 Å². The lowest BCUT2D eigenvalue weighted by atomic mass is 9.69. The Morgan fingerprint density at radius 3 is 2.50 bits per heavy atom. The number of aromatic nitrogens is 3. The number of amides is 1. The third kappa shape index (κ3) is 3.83. The third-order valence-electron chi connectivity index (χ3n) is 5.11. The maximum absolute atomic E-state index is 12.5. The first-order valence-electron chi connectivity index (χ1n) is 8.69. The molecular weight excluding hydrogens is 300 g/mol. The summed E-state index contributed by atoms with van der Waals surface area (Å²) in [5, 5.41) is 3.01. The fourth-order valence-electron chi connectivity index (χ4n) is 3.47. The highest BCUT2D eigenvalue weighted by molar-refractivity contribution is 5.92. The summed E-state index contributed by atoms with van der Waals surface area (Å²) < 4.78 is 1.83. The molecule has 128 valence electrons. The molecule has 5 heteroatoms. The van der Waals surface area contributed by atoms with Gasteiger partial charge in [-0.2, -0.15) is 0 Å². The molecule has 0 spiro atoms. The highest BCUT2D eigenvalue weighted by Gasteiger charge is 2.32. The molecule has 0 unspecified atom stereocenters. The van der Waals surface area contributed by atoms with Crippen LogP contribution in [0.25, 0.3) is 5.82 Å². The lowest BCUT2D eigenvalue weighted by Crippen LogP contribution is -2.31. The number of rotatable bonds is 3. The van der Waals surface area contributed by atoms with Crippen LogP contribution in [0.1, 0.15) is 46.5 Å². The van der Waals surface area contributed by atoms with Gasteiger partial charge in [0.2, 0.25) is 5.91 Å². The summed E-state index contributed by atoms with van der Waals surface area (Å²) in [6, 6.07) is 3.77. The SMILES string of the molecule is CC(C)(C)C1CCC(C(=O)Nc2ccc(-n3ccnc3)nc2)CC1. The average molecular weight is 326 g/mol. The molecule has 0 saturated heterocycles. The Balaban J connectivity index is 1.56. The van der Waals surface area contributed by atoms with Crippen molar-refractivity contribution < 1.29 is 4.79 Å². The van der Waals surface area contributed by atoms with Gasteiger partial charge >= 0.3 is 0 Å². The number of anilines is 1. The van der Waals surface area contributed by atoms with E-state index < -0.39 is 0 Å². The van der Waals surface area contributed by atoms with Crippen LogP contribution in [0.2, 0.25) is 0 Å². The van der Waals surface area contributed by atoms with Gasteiger partial charge in [0.1, 0.15) is 12.1 Å². The van der Waals surface area contributed by atoms with Crippen LogP contribution in [0.3, 0.4) is 0 Å². The highest BCUT2D eigenvalue weighted by Crippen LogP contribution is 2.40. The van der Waals surface area contributed by atoms with E-state index in [1.54, 1.807) is 18.7 Å². The van der Waals surface area contributed by atoms with Gasteiger partial charge in [0, 0.05) is 18.3 Å². The molecule has 5 nitrogen and oxygen atoms in total. The molecule has 24 heavy (non-hydrogen) atoms. The Bertz CT molecular complexity index is 662. The predicted molar refractivity (Wildman–Crippen MR) is 94.9 cm³/mol. The molecule has 3 rings (SSSR count). The zero-order valence-corrected chi connectivity index (χ0v) is 14.7. The number of carbonyl (C=O) groups is 1. The summed E-state index contributed by atoms with van der Waals surface area (Å²) in [7, 11) is 0. The van der Waals surface area contributed by atoms with Crippen LogP contribution in [0.15, 0.2) is 37.1 Å². The molecule has 0 atom stereocenters. The molecule has 2 aromatic rings. The van der Waals surface area contributed by atoms with Crippen LogP contribution >= 0.6 is 0 Å². The fraction of sp³-hybridized carbons (Fsp3) is 0.526. The van der Waals surface area contributed by atoms with E-state index in [1.807, 2.05) is 22.9 Å². The minimum Gasteiger partial charge on any atom is -0.324 e. The molecule has 0 bridgehead atoms. The van der Waals surface area contributed by atoms with E-state index in [1.165, 1.54) is 0 Å². The van der Waals surface area contributed by atoms with E-state index in [2.05, 4.69) is 36.1 Å². The van der Waals surface area contributed by atoms with Gasteiger partial charge < -0.3 is 5.32 Å². The van der Waals surface area contributed by atoms with E-state index in [-0.39, 0.29) is 11.8 Å². The standard InChI is InChI=1S/C19H26N4O/c1-19(2,3)15-6-4-14(5-7-15)18(24)22-16-8-9-17(21-12-16)23-11-10-20-13-23/h8-15H,4-7H2,1-3H3,(H,22,24). The van der Waals surface area contributed by atoms with Crippen LogP contribution in [0.5, 0.6) is 0 Å². The Hall–Kier alpha value is -2.17. The van der Waals surface area contributed by atoms with E-state index in [0.29, 0.717) is 5.41 Å². The second-order valence-corrected chi connectivity index (χ2v) is 7.78. The smallest absolute Gasteiger partial charge is 0.227 e. The summed E-state index contributed by atoms with van der Waals surface area (Å²) in [6.45, 7) is 6.89. The molecule has 0 aliphatic heterocycles. The van der Waals surface area contributed by atoms with Crippen LogP contribution in [-0.4, -0.2) is 20.4 Å². The zero-order chi connectivity index (χ0) is 17.2. The maximum atomic E-state index is 12.5. The largest absolute Gasteiger partial charge is 0.324 e. The topological polar surface area (TPSA) is 59.8 Å². The van der Waals surface area contributed by atoms with Crippen molar-refractivity contribution in [3.05, 3.63) is 37.1 Å². The molecule has 0 aromatic carbocycles. The average Bonchev–Trinajstić information content (AvgIpc) is 3.09. The van der Waals surface area contributed by atoms with Gasteiger partial charge in [0.05, 0.1) is 11.9 Å². The van der Waals surface area contributed by atoms with Crippen molar-refractivity contribution in [2.45, 2.75) is 46.5 Å².